The molecule has 0 saturated carbocycles. The monoisotopic (exact) mass is 406 g/mol. The molecule has 0 spiro atoms. The highest BCUT2D eigenvalue weighted by molar-refractivity contribution is 14.1. The van der Waals surface area contributed by atoms with Crippen LogP contribution in [-0.4, -0.2) is 31.3 Å². The third kappa shape index (κ3) is 2.85. The van der Waals surface area contributed by atoms with Crippen molar-refractivity contribution in [2.75, 3.05) is 0 Å². The molecule has 0 atom stereocenters. The summed E-state index contributed by atoms with van der Waals surface area (Å²) < 4.78 is 2.74. The van der Waals surface area contributed by atoms with Crippen molar-refractivity contribution in [1.82, 2.24) is 20.2 Å². The van der Waals surface area contributed by atoms with Gasteiger partial charge in [-0.3, -0.25) is 4.79 Å². The van der Waals surface area contributed by atoms with Crippen LogP contribution in [0.1, 0.15) is 26.7 Å². The number of hydrogen-bond donors (Lipinski definition) is 1. The van der Waals surface area contributed by atoms with Crippen LogP contribution in [0.15, 0.2) is 11.4 Å². The molecule has 2 heterocycles. The van der Waals surface area contributed by atoms with Gasteiger partial charge in [0.15, 0.2) is 5.82 Å². The molecular weight excluding hydrogens is 391 g/mol. The molecule has 0 fully saturated rings. The number of tetrazole rings is 1. The average Bonchev–Trinajstić information content (AvgIpc) is 3.04. The van der Waals surface area contributed by atoms with Crippen LogP contribution < -0.4 is 0 Å². The third-order valence-electron chi connectivity index (χ3n) is 3.62. The van der Waals surface area contributed by atoms with Crippen molar-refractivity contribution in [3.05, 3.63) is 14.3 Å². The Hall–Kier alpha value is -1.03. The van der Waals surface area contributed by atoms with Gasteiger partial charge in [-0.25, -0.2) is 4.68 Å². The number of aliphatic carboxylic acids is 1. The number of rotatable bonds is 6. The summed E-state index contributed by atoms with van der Waals surface area (Å²) in [5.41, 5.74) is 0.101. The predicted octanol–water partition coefficient (Wildman–Crippen LogP) is 2.90. The van der Waals surface area contributed by atoms with Crippen molar-refractivity contribution in [1.29, 1.82) is 0 Å². The van der Waals surface area contributed by atoms with E-state index in [2.05, 4.69) is 38.1 Å². The molecule has 2 rings (SSSR count). The molecule has 0 aliphatic heterocycles. The topological polar surface area (TPSA) is 80.9 Å². The molecule has 2 aromatic heterocycles. The van der Waals surface area contributed by atoms with E-state index in [1.165, 1.54) is 0 Å². The molecule has 0 amide bonds. The van der Waals surface area contributed by atoms with Crippen molar-refractivity contribution in [2.45, 2.75) is 33.2 Å². The van der Waals surface area contributed by atoms with Gasteiger partial charge in [-0.2, -0.15) is 0 Å². The first-order chi connectivity index (χ1) is 9.52. The zero-order valence-electron chi connectivity index (χ0n) is 11.2. The number of aromatic nitrogens is 4. The van der Waals surface area contributed by atoms with Gasteiger partial charge < -0.3 is 5.11 Å². The van der Waals surface area contributed by atoms with Gasteiger partial charge >= 0.3 is 5.97 Å². The predicted molar refractivity (Wildman–Crippen MR) is 84.5 cm³/mol. The van der Waals surface area contributed by atoms with Crippen molar-refractivity contribution in [2.24, 2.45) is 5.41 Å². The molecule has 20 heavy (non-hydrogen) atoms. The fourth-order valence-electron chi connectivity index (χ4n) is 2.08. The first-order valence-electron chi connectivity index (χ1n) is 6.26. The normalized spacial score (nSPS) is 11.8. The molecule has 8 heteroatoms. The lowest BCUT2D eigenvalue weighted by Crippen LogP contribution is -2.35. The highest BCUT2D eigenvalue weighted by atomic mass is 127. The van der Waals surface area contributed by atoms with E-state index in [0.717, 1.165) is 8.45 Å². The second-order valence-electron chi connectivity index (χ2n) is 4.59. The first-order valence-corrected chi connectivity index (χ1v) is 8.22. The Balaban J connectivity index is 2.35. The van der Waals surface area contributed by atoms with E-state index in [4.69, 9.17) is 0 Å². The van der Waals surface area contributed by atoms with Crippen LogP contribution >= 0.6 is 33.9 Å². The molecule has 0 bridgehead atoms. The minimum absolute atomic E-state index is 0.282. The summed E-state index contributed by atoms with van der Waals surface area (Å²) in [6.45, 7) is 4.05. The van der Waals surface area contributed by atoms with Crippen LogP contribution in [0.3, 0.4) is 0 Å². The van der Waals surface area contributed by atoms with Crippen molar-refractivity contribution in [3.63, 3.8) is 0 Å². The summed E-state index contributed by atoms with van der Waals surface area (Å²) in [6.07, 6.45) is 1.08. The number of carbonyl (C=O) groups is 1. The maximum atomic E-state index is 11.6. The second-order valence-corrected chi connectivity index (χ2v) is 7.40. The number of nitrogens with zero attached hydrogens (tertiary/aromatic N) is 4. The van der Waals surface area contributed by atoms with Gasteiger partial charge in [-0.1, -0.05) is 13.8 Å². The Morgan fingerprint density at radius 2 is 2.20 bits per heavy atom. The van der Waals surface area contributed by atoms with E-state index < -0.39 is 11.4 Å². The van der Waals surface area contributed by atoms with Crippen LogP contribution in [0, 0.1) is 8.30 Å². The SMILES string of the molecule is CCC(CC)(Cn1nnnc1-c1csc(I)c1)C(=O)O. The maximum absolute atomic E-state index is 11.6. The number of halogens is 1. The molecule has 0 aliphatic carbocycles. The lowest BCUT2D eigenvalue weighted by atomic mass is 9.82. The molecular formula is C12H15IN4O2S. The summed E-state index contributed by atoms with van der Waals surface area (Å²) in [4.78, 5) is 11.6. The number of carboxylic acid groups (broad SMARTS) is 1. The smallest absolute Gasteiger partial charge is 0.311 e. The highest BCUT2D eigenvalue weighted by Gasteiger charge is 2.36. The van der Waals surface area contributed by atoms with E-state index in [9.17, 15) is 9.90 Å². The van der Waals surface area contributed by atoms with Crippen molar-refractivity contribution < 1.29 is 9.90 Å². The molecule has 108 valence electrons. The lowest BCUT2D eigenvalue weighted by molar-refractivity contribution is -0.150. The number of carboxylic acids is 1. The van der Waals surface area contributed by atoms with Crippen LogP contribution in [0.25, 0.3) is 11.4 Å². The quantitative estimate of drug-likeness (QED) is 0.747. The number of thiophene rings is 1. The molecule has 0 saturated heterocycles. The largest absolute Gasteiger partial charge is 0.481 e. The third-order valence-corrected chi connectivity index (χ3v) is 5.41. The van der Waals surface area contributed by atoms with Gasteiger partial charge in [-0.15, -0.1) is 16.4 Å². The molecule has 1 N–H and O–H groups in total. The Labute approximate surface area is 134 Å². The summed E-state index contributed by atoms with van der Waals surface area (Å²) in [5.74, 6) is -0.180. The minimum atomic E-state index is -0.826. The molecule has 0 unspecified atom stereocenters. The van der Waals surface area contributed by atoms with Crippen molar-refractivity contribution in [3.8, 4) is 11.4 Å². The van der Waals surface area contributed by atoms with Gasteiger partial charge in [0.1, 0.15) is 0 Å². The maximum Gasteiger partial charge on any atom is 0.311 e. The van der Waals surface area contributed by atoms with E-state index >= 15 is 0 Å². The van der Waals surface area contributed by atoms with E-state index in [0.29, 0.717) is 18.7 Å². The van der Waals surface area contributed by atoms with E-state index in [1.54, 1.807) is 16.0 Å². The Morgan fingerprint density at radius 3 is 2.70 bits per heavy atom. The Morgan fingerprint density at radius 1 is 1.50 bits per heavy atom. The van der Waals surface area contributed by atoms with Gasteiger partial charge in [0.25, 0.3) is 0 Å². The lowest BCUT2D eigenvalue weighted by Gasteiger charge is -2.26. The van der Waals surface area contributed by atoms with Gasteiger partial charge in [0, 0.05) is 10.9 Å². The summed E-state index contributed by atoms with van der Waals surface area (Å²) >= 11 is 3.85. The zero-order chi connectivity index (χ0) is 14.8. The molecule has 0 aliphatic rings. The standard InChI is InChI=1S/C12H15IN4O2S/c1-3-12(4-2,11(18)19)7-17-10(14-15-16-17)8-5-9(13)20-6-8/h5-6H,3-4,7H2,1-2H3,(H,18,19). The average molecular weight is 406 g/mol. The first kappa shape index (κ1) is 15.4. The summed E-state index contributed by atoms with van der Waals surface area (Å²) in [7, 11) is 0. The van der Waals surface area contributed by atoms with E-state index in [1.807, 2.05) is 25.3 Å². The summed E-state index contributed by atoms with van der Waals surface area (Å²) in [6, 6.07) is 1.99. The van der Waals surface area contributed by atoms with Crippen LogP contribution in [0.5, 0.6) is 0 Å². The Kier molecular flexibility index (Phi) is 4.74. The van der Waals surface area contributed by atoms with Crippen LogP contribution in [0.2, 0.25) is 0 Å². The van der Waals surface area contributed by atoms with E-state index in [-0.39, 0.29) is 6.54 Å². The zero-order valence-corrected chi connectivity index (χ0v) is 14.2. The highest BCUT2D eigenvalue weighted by Crippen LogP contribution is 2.31. The second kappa shape index (κ2) is 6.17. The molecule has 2 aromatic rings. The van der Waals surface area contributed by atoms with Gasteiger partial charge in [0.2, 0.25) is 0 Å². The molecule has 6 nitrogen and oxygen atoms in total. The van der Waals surface area contributed by atoms with Gasteiger partial charge in [0.05, 0.1) is 14.8 Å². The van der Waals surface area contributed by atoms with Crippen LogP contribution in [-0.2, 0) is 11.3 Å². The minimum Gasteiger partial charge on any atom is -0.481 e. The van der Waals surface area contributed by atoms with Crippen LogP contribution in [0.4, 0.5) is 0 Å². The number of hydrogen-bond acceptors (Lipinski definition) is 5. The fraction of sp³-hybridized carbons (Fsp3) is 0.500. The molecule has 0 aromatic carbocycles. The molecule has 0 radical (unpaired) electrons. The fourth-order valence-corrected chi connectivity index (χ4v) is 3.40. The van der Waals surface area contributed by atoms with Gasteiger partial charge in [-0.05, 0) is 51.9 Å². The van der Waals surface area contributed by atoms with Crippen molar-refractivity contribution >= 4 is 39.9 Å². The Bertz CT molecular complexity index is 606. The summed E-state index contributed by atoms with van der Waals surface area (Å²) in [5, 5.41) is 23.2.